The Morgan fingerprint density at radius 1 is 0.758 bits per heavy atom. The van der Waals surface area contributed by atoms with E-state index >= 15 is 0 Å². The maximum absolute atomic E-state index is 10.7. The first kappa shape index (κ1) is 28.1. The molecule has 172 valence electrons. The molecule has 4 aromatic rings. The maximum Gasteiger partial charge on any atom is 0.499 e. The third kappa shape index (κ3) is 8.87. The molecule has 4 rings (SSSR count). The van der Waals surface area contributed by atoms with E-state index in [4.69, 9.17) is 10.0 Å². The van der Waals surface area contributed by atoms with Crippen molar-refractivity contribution in [2.75, 3.05) is 0 Å². The van der Waals surface area contributed by atoms with Crippen molar-refractivity contribution >= 4 is 61.9 Å². The molecular weight excluding hydrogens is 531 g/mol. The van der Waals surface area contributed by atoms with Crippen LogP contribution in [0.25, 0.3) is 10.4 Å². The number of halogens is 1. The van der Waals surface area contributed by atoms with Gasteiger partial charge in [0.2, 0.25) is 0 Å². The van der Waals surface area contributed by atoms with E-state index in [1.54, 1.807) is 47.8 Å². The third-order valence-corrected chi connectivity index (χ3v) is 6.22. The van der Waals surface area contributed by atoms with Gasteiger partial charge < -0.3 is 10.0 Å². The van der Waals surface area contributed by atoms with Crippen LogP contribution in [-0.4, -0.2) is 27.0 Å². The number of nitro benzene ring substituents is 2. The van der Waals surface area contributed by atoms with Gasteiger partial charge in [0, 0.05) is 21.8 Å². The molecule has 0 amide bonds. The van der Waals surface area contributed by atoms with Crippen LogP contribution in [0, 0.1) is 20.2 Å². The summed E-state index contributed by atoms with van der Waals surface area (Å²) >= 11 is 5.89. The van der Waals surface area contributed by atoms with Gasteiger partial charge in [0.1, 0.15) is 0 Å². The molecule has 0 fully saturated rings. The second-order valence-electron chi connectivity index (χ2n) is 5.85. The summed E-state index contributed by atoms with van der Waals surface area (Å²) in [6, 6.07) is 20.4. The Kier molecular flexibility index (Phi) is 12.2. The summed E-state index contributed by atoms with van der Waals surface area (Å²) in [5, 5.41) is 41.6. The van der Waals surface area contributed by atoms with Crippen LogP contribution in [0.15, 0.2) is 88.0 Å². The quantitative estimate of drug-likeness (QED) is 0.189. The standard InChI is InChI=1S/C10H7NO2S.C6H4BrNO2.C4H5BO2S.CH4/c12-11(13)9-5-2-1-4-8(9)10-6-3-7-14-10;7-5-3-1-2-4-6(5)8(9)10;6-5(7)4-2-1-3-8-4;/h1-7H;1-4H;1-3,6-7H;1H4. The first-order valence-corrected chi connectivity index (χ1v) is 11.4. The number of nitrogens with zero attached hydrogens (tertiary/aromatic N) is 2. The smallest absolute Gasteiger partial charge is 0.423 e. The number of thiophene rings is 2. The number of para-hydroxylation sites is 2. The highest BCUT2D eigenvalue weighted by atomic mass is 79.9. The van der Waals surface area contributed by atoms with Gasteiger partial charge in [-0.15, -0.1) is 11.3 Å². The minimum Gasteiger partial charge on any atom is -0.423 e. The molecule has 2 N–H and O–H groups in total. The second kappa shape index (κ2) is 14.3. The molecule has 0 aliphatic rings. The largest absolute Gasteiger partial charge is 0.499 e. The van der Waals surface area contributed by atoms with E-state index in [0.29, 0.717) is 14.8 Å². The van der Waals surface area contributed by atoms with Crippen molar-refractivity contribution < 1.29 is 19.9 Å². The maximum atomic E-state index is 10.7. The topological polar surface area (TPSA) is 127 Å². The van der Waals surface area contributed by atoms with Gasteiger partial charge in [-0.05, 0) is 44.9 Å². The van der Waals surface area contributed by atoms with Crippen molar-refractivity contribution in [3.63, 3.8) is 0 Å². The molecule has 0 atom stereocenters. The Morgan fingerprint density at radius 3 is 1.73 bits per heavy atom. The molecular formula is C21H20BBrN2O6S2. The molecule has 12 heteroatoms. The lowest BCUT2D eigenvalue weighted by atomic mass is 9.90. The minimum absolute atomic E-state index is 0. The van der Waals surface area contributed by atoms with Crippen LogP contribution in [0.2, 0.25) is 0 Å². The zero-order chi connectivity index (χ0) is 23.5. The first-order valence-electron chi connectivity index (χ1n) is 8.87. The summed E-state index contributed by atoms with van der Waals surface area (Å²) < 4.78 is 1.10. The third-order valence-electron chi connectivity index (χ3n) is 3.73. The van der Waals surface area contributed by atoms with Crippen molar-refractivity contribution in [3.05, 3.63) is 108 Å². The van der Waals surface area contributed by atoms with Gasteiger partial charge in [-0.2, -0.15) is 11.3 Å². The Labute approximate surface area is 207 Å². The fraction of sp³-hybridized carbons (Fsp3) is 0.0476. The fourth-order valence-electron chi connectivity index (χ4n) is 2.31. The molecule has 2 aromatic heterocycles. The van der Waals surface area contributed by atoms with E-state index in [-0.39, 0.29) is 23.7 Å². The van der Waals surface area contributed by atoms with Crippen LogP contribution in [0.1, 0.15) is 7.43 Å². The van der Waals surface area contributed by atoms with Gasteiger partial charge in [0.15, 0.2) is 0 Å². The molecule has 0 aliphatic carbocycles. The van der Waals surface area contributed by atoms with E-state index in [2.05, 4.69) is 15.9 Å². The molecule has 0 radical (unpaired) electrons. The first-order chi connectivity index (χ1) is 15.3. The SMILES string of the molecule is C.O=[N+]([O-])c1ccccc1-c1cccs1.O=[N+]([O-])c1ccccc1Br.OB(O)c1cccs1. The Bertz CT molecular complexity index is 1140. The van der Waals surface area contributed by atoms with Gasteiger partial charge in [0.25, 0.3) is 11.4 Å². The van der Waals surface area contributed by atoms with E-state index in [1.165, 1.54) is 34.8 Å². The molecule has 0 saturated heterocycles. The average molecular weight is 551 g/mol. The number of hydrogen-bond acceptors (Lipinski definition) is 8. The Balaban J connectivity index is 0.000000255. The van der Waals surface area contributed by atoms with E-state index in [9.17, 15) is 20.2 Å². The molecule has 0 spiro atoms. The number of benzene rings is 2. The van der Waals surface area contributed by atoms with E-state index < -0.39 is 12.0 Å². The summed E-state index contributed by atoms with van der Waals surface area (Å²) in [4.78, 5) is 21.1. The predicted molar refractivity (Wildman–Crippen MR) is 138 cm³/mol. The zero-order valence-electron chi connectivity index (χ0n) is 16.3. The summed E-state index contributed by atoms with van der Waals surface area (Å²) in [7, 11) is -1.30. The lowest BCUT2D eigenvalue weighted by Gasteiger charge is -1.98. The van der Waals surface area contributed by atoms with Crippen molar-refractivity contribution in [1.29, 1.82) is 0 Å². The van der Waals surface area contributed by atoms with Gasteiger partial charge in [-0.25, -0.2) is 0 Å². The van der Waals surface area contributed by atoms with Crippen LogP contribution in [0.4, 0.5) is 11.4 Å². The lowest BCUT2D eigenvalue weighted by molar-refractivity contribution is -0.385. The Morgan fingerprint density at radius 2 is 1.30 bits per heavy atom. The van der Waals surface area contributed by atoms with Crippen molar-refractivity contribution in [2.45, 2.75) is 7.43 Å². The number of hydrogen-bond donors (Lipinski definition) is 2. The highest BCUT2D eigenvalue weighted by Gasteiger charge is 2.14. The summed E-state index contributed by atoms with van der Waals surface area (Å²) in [6.07, 6.45) is 0. The van der Waals surface area contributed by atoms with Gasteiger partial charge in [-0.3, -0.25) is 20.2 Å². The van der Waals surface area contributed by atoms with E-state index in [1.807, 2.05) is 23.6 Å². The van der Waals surface area contributed by atoms with Crippen LogP contribution in [0.3, 0.4) is 0 Å². The molecule has 0 bridgehead atoms. The van der Waals surface area contributed by atoms with Gasteiger partial charge >= 0.3 is 7.12 Å². The van der Waals surface area contributed by atoms with Crippen LogP contribution >= 0.6 is 38.6 Å². The normalized spacial score (nSPS) is 9.30. The zero-order valence-corrected chi connectivity index (χ0v) is 19.5. The van der Waals surface area contributed by atoms with Crippen LogP contribution in [-0.2, 0) is 0 Å². The number of rotatable bonds is 4. The van der Waals surface area contributed by atoms with Crippen LogP contribution in [0.5, 0.6) is 0 Å². The van der Waals surface area contributed by atoms with Gasteiger partial charge in [-0.1, -0.05) is 49.9 Å². The summed E-state index contributed by atoms with van der Waals surface area (Å²) in [5.74, 6) is 0. The molecule has 33 heavy (non-hydrogen) atoms. The molecule has 2 heterocycles. The molecule has 0 saturated carbocycles. The average Bonchev–Trinajstić information content (AvgIpc) is 3.49. The van der Waals surface area contributed by atoms with Crippen LogP contribution < -0.4 is 4.78 Å². The molecule has 0 aliphatic heterocycles. The Hall–Kier alpha value is -2.90. The monoisotopic (exact) mass is 550 g/mol. The minimum atomic E-state index is -1.30. The highest BCUT2D eigenvalue weighted by molar-refractivity contribution is 9.10. The molecule has 0 unspecified atom stereocenters. The molecule has 2 aromatic carbocycles. The lowest BCUT2D eigenvalue weighted by Crippen LogP contribution is -2.26. The number of nitro groups is 2. The van der Waals surface area contributed by atoms with E-state index in [0.717, 1.165) is 4.88 Å². The second-order valence-corrected chi connectivity index (χ2v) is 8.63. The highest BCUT2D eigenvalue weighted by Crippen LogP contribution is 2.32. The summed E-state index contributed by atoms with van der Waals surface area (Å²) in [5.41, 5.74) is 0.949. The van der Waals surface area contributed by atoms with Crippen molar-refractivity contribution in [1.82, 2.24) is 0 Å². The molecule has 8 nitrogen and oxygen atoms in total. The van der Waals surface area contributed by atoms with Crippen molar-refractivity contribution in [3.8, 4) is 10.4 Å². The van der Waals surface area contributed by atoms with Gasteiger partial charge in [0.05, 0.1) is 19.9 Å². The predicted octanol–water partition coefficient (Wildman–Crippen LogP) is 5.74. The van der Waals surface area contributed by atoms with Crippen molar-refractivity contribution in [2.24, 2.45) is 0 Å². The fourth-order valence-corrected chi connectivity index (χ4v) is 4.09. The summed E-state index contributed by atoms with van der Waals surface area (Å²) in [6.45, 7) is 0.